The lowest BCUT2D eigenvalue weighted by atomic mass is 9.75. The minimum absolute atomic E-state index is 0.114. The monoisotopic (exact) mass is 488 g/mol. The average Bonchev–Trinajstić information content (AvgIpc) is 3.07. The van der Waals surface area contributed by atoms with Crippen LogP contribution in [0.5, 0.6) is 5.75 Å². The van der Waals surface area contributed by atoms with Crippen LogP contribution in [-0.4, -0.2) is 38.1 Å². The fourth-order valence-corrected chi connectivity index (χ4v) is 4.94. The largest absolute Gasteiger partial charge is 0.490 e. The number of nitrogens with zero attached hydrogens (tertiary/aromatic N) is 6. The Labute approximate surface area is 207 Å². The zero-order valence-electron chi connectivity index (χ0n) is 18.9. The van der Waals surface area contributed by atoms with E-state index in [2.05, 4.69) is 19.8 Å². The van der Waals surface area contributed by atoms with Crippen LogP contribution < -0.4 is 14.5 Å². The van der Waals surface area contributed by atoms with Crippen molar-refractivity contribution in [1.82, 2.24) is 15.0 Å². The fourth-order valence-electron chi connectivity index (χ4n) is 4.47. The number of benzene rings is 1. The van der Waals surface area contributed by atoms with E-state index in [4.69, 9.17) is 23.5 Å². The predicted molar refractivity (Wildman–Crippen MR) is 132 cm³/mol. The molecule has 2 aliphatic rings. The van der Waals surface area contributed by atoms with Crippen molar-refractivity contribution in [2.45, 2.75) is 38.1 Å². The summed E-state index contributed by atoms with van der Waals surface area (Å²) >= 11 is 5.73. The van der Waals surface area contributed by atoms with Gasteiger partial charge in [0.25, 0.3) is 11.7 Å². The van der Waals surface area contributed by atoms with Gasteiger partial charge in [0, 0.05) is 36.8 Å². The highest BCUT2D eigenvalue weighted by Crippen LogP contribution is 2.48. The normalized spacial score (nSPS) is 16.4. The van der Waals surface area contributed by atoms with Gasteiger partial charge in [-0.2, -0.15) is 0 Å². The van der Waals surface area contributed by atoms with Crippen LogP contribution in [0.25, 0.3) is 4.85 Å². The summed E-state index contributed by atoms with van der Waals surface area (Å²) in [6.45, 7) is 9.23. The molecule has 0 radical (unpaired) electrons. The molecule has 176 valence electrons. The lowest BCUT2D eigenvalue weighted by molar-refractivity contribution is -0.123. The van der Waals surface area contributed by atoms with E-state index in [1.54, 1.807) is 48.6 Å². The maximum atomic E-state index is 15.0. The van der Waals surface area contributed by atoms with Crippen molar-refractivity contribution in [3.8, 4) is 5.75 Å². The Kier molecular flexibility index (Phi) is 5.86. The molecule has 0 bridgehead atoms. The fraction of sp³-hybridized carbons (Fsp3) is 0.280. The summed E-state index contributed by atoms with van der Waals surface area (Å²) < 4.78 is 20.6. The molecule has 1 saturated carbocycles. The molecule has 1 spiro atoms. The molecule has 35 heavy (non-hydrogen) atoms. The average molecular weight is 489 g/mol. The quantitative estimate of drug-likeness (QED) is 0.372. The van der Waals surface area contributed by atoms with E-state index in [-0.39, 0.29) is 29.2 Å². The van der Waals surface area contributed by atoms with E-state index in [1.807, 2.05) is 0 Å². The Hall–Kier alpha value is -3.97. The molecule has 1 saturated heterocycles. The molecule has 3 aromatic rings. The molecule has 0 atom stereocenters. The van der Waals surface area contributed by atoms with Crippen molar-refractivity contribution in [2.24, 2.45) is 0 Å². The summed E-state index contributed by atoms with van der Waals surface area (Å²) in [5, 5.41) is 0.266. The molecular formula is C25H21FN6O2S. The van der Waals surface area contributed by atoms with Gasteiger partial charge < -0.3 is 14.5 Å². The molecule has 0 unspecified atom stereocenters. The van der Waals surface area contributed by atoms with Crippen molar-refractivity contribution in [3.63, 3.8) is 0 Å². The molecule has 8 nitrogen and oxygen atoms in total. The van der Waals surface area contributed by atoms with Crippen LogP contribution in [0.1, 0.15) is 30.5 Å². The Balaban J connectivity index is 1.40. The number of thiocarbonyl (C=S) groups is 1. The van der Waals surface area contributed by atoms with E-state index in [0.717, 1.165) is 12.1 Å². The highest BCUT2D eigenvalue weighted by atomic mass is 32.1. The van der Waals surface area contributed by atoms with Gasteiger partial charge in [0.15, 0.2) is 16.7 Å². The molecule has 1 aliphatic heterocycles. The lowest BCUT2D eigenvalue weighted by Gasteiger charge is -2.43. The number of carbonyl (C=O) groups excluding carboxylic acids is 1. The van der Waals surface area contributed by atoms with Gasteiger partial charge in [-0.25, -0.2) is 4.39 Å². The van der Waals surface area contributed by atoms with Crippen LogP contribution in [0.4, 0.5) is 21.6 Å². The van der Waals surface area contributed by atoms with Crippen LogP contribution in [0.15, 0.2) is 49.1 Å². The van der Waals surface area contributed by atoms with Crippen molar-refractivity contribution in [3.05, 3.63) is 77.5 Å². The lowest BCUT2D eigenvalue weighted by Crippen LogP contribution is -2.55. The van der Waals surface area contributed by atoms with E-state index >= 15 is 4.39 Å². The molecule has 10 heteroatoms. The third-order valence-electron chi connectivity index (χ3n) is 6.40. The summed E-state index contributed by atoms with van der Waals surface area (Å²) in [7, 11) is 0. The first-order chi connectivity index (χ1) is 16.9. The Morgan fingerprint density at radius 2 is 2.03 bits per heavy atom. The molecule has 2 fully saturated rings. The number of hydrogen-bond donors (Lipinski definition) is 0. The standard InChI is InChI=1S/C25H21FN6O2S/c1-16-12-19(15-30-22(16)27-2)31-23(33)25(7-3-8-25)32(24(31)35)18-4-5-21(20(26)13-18)34-11-6-17-14-28-9-10-29-17/h4-5,9-10,12-15H,3,6-8,11H2,1H3. The molecule has 1 aromatic carbocycles. The van der Waals surface area contributed by atoms with Gasteiger partial charge in [-0.3, -0.25) is 19.7 Å². The SMILES string of the molecule is [C-]#[N+]c1ncc(N2C(=O)C3(CCC3)N(c3ccc(OCCc4cnccn4)c(F)c3)C2=S)cc1C. The molecule has 0 N–H and O–H groups in total. The van der Waals surface area contributed by atoms with Gasteiger partial charge >= 0.3 is 0 Å². The number of anilines is 2. The Bertz CT molecular complexity index is 1360. The van der Waals surface area contributed by atoms with Crippen LogP contribution in [0.3, 0.4) is 0 Å². The van der Waals surface area contributed by atoms with Crippen LogP contribution >= 0.6 is 12.2 Å². The second kappa shape index (κ2) is 9.00. The molecule has 3 heterocycles. The summed E-state index contributed by atoms with van der Waals surface area (Å²) in [5.41, 5.74) is 1.56. The number of pyridine rings is 1. The van der Waals surface area contributed by atoms with Gasteiger partial charge in [0.1, 0.15) is 11.7 Å². The second-order valence-electron chi connectivity index (χ2n) is 8.50. The van der Waals surface area contributed by atoms with E-state index in [9.17, 15) is 4.79 Å². The van der Waals surface area contributed by atoms with E-state index in [0.29, 0.717) is 36.2 Å². The minimum Gasteiger partial charge on any atom is -0.490 e. The predicted octanol–water partition coefficient (Wildman–Crippen LogP) is 4.55. The van der Waals surface area contributed by atoms with Crippen LogP contribution in [0, 0.1) is 19.3 Å². The van der Waals surface area contributed by atoms with Gasteiger partial charge in [-0.1, -0.05) is 6.57 Å². The number of hydrogen-bond acceptors (Lipinski definition) is 6. The van der Waals surface area contributed by atoms with Gasteiger partial charge in [-0.05, 0) is 62.2 Å². The summed E-state index contributed by atoms with van der Waals surface area (Å²) in [5.74, 6) is -0.305. The number of rotatable bonds is 6. The summed E-state index contributed by atoms with van der Waals surface area (Å²) in [4.78, 5) is 32.5. The molecule has 5 rings (SSSR count). The van der Waals surface area contributed by atoms with Gasteiger partial charge in [-0.15, -0.1) is 4.98 Å². The summed E-state index contributed by atoms with van der Waals surface area (Å²) in [6.07, 6.45) is 8.92. The molecule has 1 amide bonds. The number of halogens is 1. The van der Waals surface area contributed by atoms with Gasteiger partial charge in [0.05, 0.1) is 18.0 Å². The topological polar surface area (TPSA) is 75.8 Å². The number of aryl methyl sites for hydroxylation is 1. The van der Waals surface area contributed by atoms with Crippen LogP contribution in [0.2, 0.25) is 0 Å². The highest BCUT2D eigenvalue weighted by Gasteiger charge is 2.59. The molecule has 2 aromatic heterocycles. The first kappa shape index (κ1) is 22.8. The van der Waals surface area contributed by atoms with Crippen molar-refractivity contribution >= 4 is 40.4 Å². The Morgan fingerprint density at radius 1 is 1.20 bits per heavy atom. The smallest absolute Gasteiger partial charge is 0.272 e. The van der Waals surface area contributed by atoms with Crippen molar-refractivity contribution < 1.29 is 13.9 Å². The maximum Gasteiger partial charge on any atom is 0.272 e. The number of amides is 1. The zero-order valence-corrected chi connectivity index (χ0v) is 19.8. The summed E-state index contributed by atoms with van der Waals surface area (Å²) in [6, 6.07) is 6.36. The van der Waals surface area contributed by atoms with Crippen molar-refractivity contribution in [2.75, 3.05) is 16.4 Å². The number of carbonyl (C=O) groups is 1. The third-order valence-corrected chi connectivity index (χ3v) is 6.76. The first-order valence-electron chi connectivity index (χ1n) is 11.1. The zero-order chi connectivity index (χ0) is 24.6. The second-order valence-corrected chi connectivity index (χ2v) is 8.86. The van der Waals surface area contributed by atoms with Crippen molar-refractivity contribution in [1.29, 1.82) is 0 Å². The van der Waals surface area contributed by atoms with E-state index in [1.165, 1.54) is 17.2 Å². The van der Waals surface area contributed by atoms with E-state index < -0.39 is 11.4 Å². The maximum absolute atomic E-state index is 15.0. The minimum atomic E-state index is -0.843. The molecule has 1 aliphatic carbocycles. The van der Waals surface area contributed by atoms with Crippen LogP contribution in [-0.2, 0) is 11.2 Å². The number of aromatic nitrogens is 3. The highest BCUT2D eigenvalue weighted by molar-refractivity contribution is 7.81. The third kappa shape index (κ3) is 3.88. The number of ether oxygens (including phenoxy) is 1. The first-order valence-corrected chi connectivity index (χ1v) is 11.6. The van der Waals surface area contributed by atoms with Gasteiger partial charge in [0.2, 0.25) is 0 Å². The molecular weight excluding hydrogens is 467 g/mol. The Morgan fingerprint density at radius 3 is 2.66 bits per heavy atom.